The van der Waals surface area contributed by atoms with Crippen molar-refractivity contribution in [1.29, 1.82) is 0 Å². The zero-order valence-corrected chi connectivity index (χ0v) is 19.2. The number of carbonyl (C=O) groups is 1. The van der Waals surface area contributed by atoms with E-state index in [1.54, 1.807) is 24.2 Å². The molecule has 0 aliphatic rings. The summed E-state index contributed by atoms with van der Waals surface area (Å²) in [6.07, 6.45) is 6.33. The fourth-order valence-electron chi connectivity index (χ4n) is 3.29. The fraction of sp³-hybridized carbons (Fsp3) is 0.200. The molecular weight excluding hydrogens is 434 g/mol. The average molecular weight is 460 g/mol. The molecule has 0 atom stereocenters. The third-order valence-electron chi connectivity index (χ3n) is 5.25. The summed E-state index contributed by atoms with van der Waals surface area (Å²) in [7, 11) is 1.58. The SMILES string of the molecule is COc1cc(/C=C/C(=O)NCc2ccc(-n3cncn3)cc2)ccc1OCc1c(C)noc1C. The highest BCUT2D eigenvalue weighted by Crippen LogP contribution is 2.30. The molecule has 34 heavy (non-hydrogen) atoms. The van der Waals surface area contributed by atoms with Crippen molar-refractivity contribution in [3.8, 4) is 17.2 Å². The van der Waals surface area contributed by atoms with Gasteiger partial charge in [0, 0.05) is 12.6 Å². The van der Waals surface area contributed by atoms with Crippen molar-refractivity contribution in [2.45, 2.75) is 27.0 Å². The third kappa shape index (κ3) is 5.50. The number of ether oxygens (including phenoxy) is 2. The van der Waals surface area contributed by atoms with Gasteiger partial charge in [0.25, 0.3) is 0 Å². The second-order valence-electron chi connectivity index (χ2n) is 7.56. The Morgan fingerprint density at radius 3 is 2.65 bits per heavy atom. The van der Waals surface area contributed by atoms with Gasteiger partial charge >= 0.3 is 0 Å². The van der Waals surface area contributed by atoms with Gasteiger partial charge in [-0.3, -0.25) is 4.79 Å². The largest absolute Gasteiger partial charge is 0.493 e. The third-order valence-corrected chi connectivity index (χ3v) is 5.25. The van der Waals surface area contributed by atoms with E-state index in [2.05, 4.69) is 20.6 Å². The zero-order chi connectivity index (χ0) is 23.9. The summed E-state index contributed by atoms with van der Waals surface area (Å²) in [6.45, 7) is 4.47. The smallest absolute Gasteiger partial charge is 0.244 e. The van der Waals surface area contributed by atoms with Gasteiger partial charge in [-0.2, -0.15) is 5.10 Å². The van der Waals surface area contributed by atoms with Crippen LogP contribution in [0.5, 0.6) is 11.5 Å². The van der Waals surface area contributed by atoms with E-state index in [1.807, 2.05) is 56.3 Å². The maximum absolute atomic E-state index is 12.3. The molecule has 4 aromatic rings. The van der Waals surface area contributed by atoms with Crippen LogP contribution in [0.25, 0.3) is 11.8 Å². The van der Waals surface area contributed by atoms with Crippen LogP contribution < -0.4 is 14.8 Å². The first kappa shape index (κ1) is 22.8. The van der Waals surface area contributed by atoms with Gasteiger partial charge in [0.1, 0.15) is 25.0 Å². The Balaban J connectivity index is 1.32. The Morgan fingerprint density at radius 2 is 1.97 bits per heavy atom. The predicted molar refractivity (Wildman–Crippen MR) is 126 cm³/mol. The number of benzene rings is 2. The maximum atomic E-state index is 12.3. The van der Waals surface area contributed by atoms with Crippen molar-refractivity contribution < 1.29 is 18.8 Å². The molecule has 1 amide bonds. The summed E-state index contributed by atoms with van der Waals surface area (Å²) < 4.78 is 18.2. The van der Waals surface area contributed by atoms with E-state index in [1.165, 1.54) is 12.4 Å². The monoisotopic (exact) mass is 459 g/mol. The van der Waals surface area contributed by atoms with Crippen LogP contribution in [0.4, 0.5) is 0 Å². The molecule has 4 rings (SSSR count). The highest BCUT2D eigenvalue weighted by atomic mass is 16.5. The molecule has 0 spiro atoms. The number of methoxy groups -OCH3 is 1. The van der Waals surface area contributed by atoms with Crippen LogP contribution in [0.15, 0.2) is 65.7 Å². The van der Waals surface area contributed by atoms with E-state index in [0.717, 1.165) is 33.8 Å². The summed E-state index contributed by atoms with van der Waals surface area (Å²) in [4.78, 5) is 16.2. The van der Waals surface area contributed by atoms with Gasteiger partial charge in [-0.1, -0.05) is 23.4 Å². The average Bonchev–Trinajstić information content (AvgIpc) is 3.51. The second-order valence-corrected chi connectivity index (χ2v) is 7.56. The second kappa shape index (κ2) is 10.5. The lowest BCUT2D eigenvalue weighted by atomic mass is 10.1. The van der Waals surface area contributed by atoms with Crippen LogP contribution in [-0.2, 0) is 17.9 Å². The van der Waals surface area contributed by atoms with E-state index in [0.29, 0.717) is 24.7 Å². The fourth-order valence-corrected chi connectivity index (χ4v) is 3.29. The van der Waals surface area contributed by atoms with E-state index >= 15 is 0 Å². The highest BCUT2D eigenvalue weighted by Gasteiger charge is 2.12. The minimum atomic E-state index is -0.196. The van der Waals surface area contributed by atoms with Gasteiger partial charge in [-0.05, 0) is 55.3 Å². The van der Waals surface area contributed by atoms with Gasteiger partial charge in [-0.25, -0.2) is 9.67 Å². The molecule has 9 nitrogen and oxygen atoms in total. The molecule has 0 saturated heterocycles. The Kier molecular flexibility index (Phi) is 7.02. The number of hydrogen-bond donors (Lipinski definition) is 1. The quantitative estimate of drug-likeness (QED) is 0.380. The number of amides is 1. The standard InChI is InChI=1S/C25H25N5O4/c1-17-22(18(2)34-29-17)14-33-23-10-6-19(12-24(23)32-3)7-11-25(31)27-13-20-4-8-21(9-5-20)30-16-26-15-28-30/h4-12,15-16H,13-14H2,1-3H3,(H,27,31)/b11-7+. The van der Waals surface area contributed by atoms with Crippen molar-refractivity contribution >= 4 is 12.0 Å². The number of carbonyl (C=O) groups excluding carboxylic acids is 1. The molecule has 2 aromatic heterocycles. The molecule has 0 fully saturated rings. The van der Waals surface area contributed by atoms with Crippen LogP contribution in [-0.4, -0.2) is 32.9 Å². The van der Waals surface area contributed by atoms with Crippen LogP contribution in [0, 0.1) is 13.8 Å². The van der Waals surface area contributed by atoms with Gasteiger partial charge in [0.15, 0.2) is 11.5 Å². The first-order chi connectivity index (χ1) is 16.5. The Hall–Kier alpha value is -4.40. The van der Waals surface area contributed by atoms with E-state index in [-0.39, 0.29) is 5.91 Å². The van der Waals surface area contributed by atoms with Crippen molar-refractivity contribution in [1.82, 2.24) is 25.2 Å². The van der Waals surface area contributed by atoms with E-state index < -0.39 is 0 Å². The number of nitrogens with zero attached hydrogens (tertiary/aromatic N) is 4. The number of rotatable bonds is 9. The summed E-state index contributed by atoms with van der Waals surface area (Å²) >= 11 is 0. The minimum absolute atomic E-state index is 0.196. The normalized spacial score (nSPS) is 11.0. The number of aromatic nitrogens is 4. The first-order valence-corrected chi connectivity index (χ1v) is 10.7. The van der Waals surface area contributed by atoms with Crippen molar-refractivity contribution in [3.63, 3.8) is 0 Å². The summed E-state index contributed by atoms with van der Waals surface area (Å²) in [5.41, 5.74) is 4.41. The van der Waals surface area contributed by atoms with Crippen LogP contribution in [0.2, 0.25) is 0 Å². The van der Waals surface area contributed by atoms with Crippen molar-refractivity contribution in [2.24, 2.45) is 0 Å². The number of hydrogen-bond acceptors (Lipinski definition) is 7. The molecule has 0 radical (unpaired) electrons. The van der Waals surface area contributed by atoms with Crippen LogP contribution in [0.3, 0.4) is 0 Å². The predicted octanol–water partition coefficient (Wildman–Crippen LogP) is 3.79. The van der Waals surface area contributed by atoms with Crippen LogP contribution >= 0.6 is 0 Å². The summed E-state index contributed by atoms with van der Waals surface area (Å²) in [6, 6.07) is 13.2. The molecule has 9 heteroatoms. The van der Waals surface area contributed by atoms with Crippen molar-refractivity contribution in [2.75, 3.05) is 7.11 Å². The topological polar surface area (TPSA) is 104 Å². The Bertz CT molecular complexity index is 1260. The van der Waals surface area contributed by atoms with Gasteiger partial charge in [0.05, 0.1) is 24.1 Å². The lowest BCUT2D eigenvalue weighted by Crippen LogP contribution is -2.20. The van der Waals surface area contributed by atoms with Gasteiger partial charge in [-0.15, -0.1) is 0 Å². The molecule has 2 heterocycles. The molecule has 2 aromatic carbocycles. The molecule has 0 saturated carbocycles. The molecule has 0 unspecified atom stereocenters. The zero-order valence-electron chi connectivity index (χ0n) is 19.2. The number of aryl methyl sites for hydroxylation is 2. The molecule has 0 bridgehead atoms. The molecular formula is C25H25N5O4. The highest BCUT2D eigenvalue weighted by molar-refractivity contribution is 5.91. The van der Waals surface area contributed by atoms with Crippen molar-refractivity contribution in [3.05, 3.63) is 89.3 Å². The molecule has 0 aliphatic heterocycles. The van der Waals surface area contributed by atoms with Gasteiger partial charge < -0.3 is 19.3 Å². The summed E-state index contributed by atoms with van der Waals surface area (Å²) in [5, 5.41) is 10.9. The molecule has 0 aliphatic carbocycles. The molecule has 174 valence electrons. The summed E-state index contributed by atoms with van der Waals surface area (Å²) in [5.74, 6) is 1.70. The van der Waals surface area contributed by atoms with Gasteiger partial charge in [0.2, 0.25) is 5.91 Å². The van der Waals surface area contributed by atoms with Crippen LogP contribution in [0.1, 0.15) is 28.1 Å². The Labute approximate surface area is 197 Å². The lowest BCUT2D eigenvalue weighted by Gasteiger charge is -2.11. The van der Waals surface area contributed by atoms with E-state index in [4.69, 9.17) is 14.0 Å². The minimum Gasteiger partial charge on any atom is -0.493 e. The molecule has 1 N–H and O–H groups in total. The first-order valence-electron chi connectivity index (χ1n) is 10.7. The lowest BCUT2D eigenvalue weighted by molar-refractivity contribution is -0.116. The number of nitrogens with one attached hydrogen (secondary N) is 1. The maximum Gasteiger partial charge on any atom is 0.244 e. The van der Waals surface area contributed by atoms with E-state index in [9.17, 15) is 4.79 Å². The Morgan fingerprint density at radius 1 is 1.15 bits per heavy atom.